The predicted octanol–water partition coefficient (Wildman–Crippen LogP) is 4.63. The molecule has 10 heteroatoms. The summed E-state index contributed by atoms with van der Waals surface area (Å²) in [5, 5.41) is 3.14. The van der Waals surface area contributed by atoms with Crippen LogP contribution < -0.4 is 5.32 Å². The first kappa shape index (κ1) is 37.8. The quantitative estimate of drug-likeness (QED) is 0.325. The molecule has 3 heterocycles. The van der Waals surface area contributed by atoms with Gasteiger partial charge in [0.15, 0.2) is 0 Å². The largest absolute Gasteiger partial charge is 0.456 e. The molecule has 0 aliphatic carbocycles. The van der Waals surface area contributed by atoms with Crippen LogP contribution in [-0.4, -0.2) is 114 Å². The molecule has 10 nitrogen and oxygen atoms in total. The van der Waals surface area contributed by atoms with Crippen molar-refractivity contribution >= 4 is 23.7 Å². The minimum Gasteiger partial charge on any atom is -0.456 e. The first-order valence-electron chi connectivity index (χ1n) is 18.3. The fourth-order valence-corrected chi connectivity index (χ4v) is 7.75. The highest BCUT2D eigenvalue weighted by molar-refractivity contribution is 5.91. The molecule has 0 radical (unpaired) electrons. The highest BCUT2D eigenvalue weighted by atomic mass is 16.5. The average molecular weight is 668 g/mol. The number of piperidine rings is 1. The van der Waals surface area contributed by atoms with Crippen LogP contribution in [0.25, 0.3) is 0 Å². The Morgan fingerprint density at radius 1 is 0.917 bits per heavy atom. The number of nitrogens with zero attached hydrogens (tertiary/aromatic N) is 4. The van der Waals surface area contributed by atoms with Crippen LogP contribution >= 0.6 is 0 Å². The first-order valence-corrected chi connectivity index (χ1v) is 18.3. The summed E-state index contributed by atoms with van der Waals surface area (Å²) in [6, 6.07) is 7.76. The van der Waals surface area contributed by atoms with Gasteiger partial charge in [0.1, 0.15) is 18.2 Å². The van der Waals surface area contributed by atoms with E-state index in [0.717, 1.165) is 57.2 Å². The van der Waals surface area contributed by atoms with E-state index in [2.05, 4.69) is 29.0 Å². The highest BCUT2D eigenvalue weighted by Gasteiger charge is 2.44. The van der Waals surface area contributed by atoms with Crippen molar-refractivity contribution in [3.8, 4) is 0 Å². The highest BCUT2D eigenvalue weighted by Crippen LogP contribution is 2.30. The number of carbonyl (C=O) groups excluding carboxylic acids is 4. The predicted molar refractivity (Wildman–Crippen MR) is 188 cm³/mol. The maximum Gasteiger partial charge on any atom is 0.329 e. The lowest BCUT2D eigenvalue weighted by molar-refractivity contribution is -0.159. The number of likely N-dealkylation sites (N-methyl/N-ethyl adjacent to an activating group) is 2. The molecule has 3 fully saturated rings. The van der Waals surface area contributed by atoms with Gasteiger partial charge in [-0.15, -0.1) is 0 Å². The third-order valence-electron chi connectivity index (χ3n) is 10.8. The lowest BCUT2D eigenvalue weighted by Gasteiger charge is -2.41. The minimum atomic E-state index is -0.679. The summed E-state index contributed by atoms with van der Waals surface area (Å²) >= 11 is 0. The number of ether oxygens (including phenoxy) is 1. The number of rotatable bonds is 12. The SMILES string of the molecule is CC[C@@H](OC(=O)[C@@H]1CCCN1C(=O)[C@@H]1CCCN1C[C@H](C(C)C)N(C)C(=O)[C@@H](NC(=O)[C@H]1CCCCN1C)C(C)(C)C)c1ccccc1. The Labute approximate surface area is 288 Å². The van der Waals surface area contributed by atoms with Crippen molar-refractivity contribution < 1.29 is 23.9 Å². The van der Waals surface area contributed by atoms with Crippen molar-refractivity contribution in [1.29, 1.82) is 0 Å². The topological polar surface area (TPSA) is 102 Å². The third-order valence-corrected chi connectivity index (χ3v) is 10.8. The summed E-state index contributed by atoms with van der Waals surface area (Å²) in [4.78, 5) is 63.1. The molecule has 268 valence electrons. The van der Waals surface area contributed by atoms with Gasteiger partial charge in [0.25, 0.3) is 0 Å². The van der Waals surface area contributed by atoms with Gasteiger partial charge in [0.2, 0.25) is 17.7 Å². The molecule has 0 saturated carbocycles. The molecule has 3 saturated heterocycles. The van der Waals surface area contributed by atoms with E-state index < -0.39 is 17.5 Å². The molecule has 1 aromatic carbocycles. The average Bonchev–Trinajstić information content (AvgIpc) is 3.74. The molecular weight excluding hydrogens is 606 g/mol. The summed E-state index contributed by atoms with van der Waals surface area (Å²) < 4.78 is 5.99. The second-order valence-electron chi connectivity index (χ2n) is 15.6. The van der Waals surface area contributed by atoms with Crippen molar-refractivity contribution in [2.24, 2.45) is 11.3 Å². The van der Waals surface area contributed by atoms with E-state index in [4.69, 9.17) is 4.74 Å². The zero-order chi connectivity index (χ0) is 35.2. The van der Waals surface area contributed by atoms with Crippen LogP contribution in [0.1, 0.15) is 105 Å². The van der Waals surface area contributed by atoms with Gasteiger partial charge in [-0.3, -0.25) is 24.2 Å². The molecule has 6 atom stereocenters. The number of amides is 3. The Morgan fingerprint density at radius 2 is 1.56 bits per heavy atom. The van der Waals surface area contributed by atoms with Crippen LogP contribution in [0.15, 0.2) is 30.3 Å². The first-order chi connectivity index (χ1) is 22.7. The summed E-state index contributed by atoms with van der Waals surface area (Å²) in [6.07, 6.45) is 6.17. The number of likely N-dealkylation sites (tertiary alicyclic amines) is 3. The molecule has 0 spiro atoms. The smallest absolute Gasteiger partial charge is 0.329 e. The maximum absolute atomic E-state index is 14.2. The lowest BCUT2D eigenvalue weighted by Crippen LogP contribution is -2.61. The summed E-state index contributed by atoms with van der Waals surface area (Å²) in [5.74, 6) is -0.428. The van der Waals surface area contributed by atoms with E-state index in [1.165, 1.54) is 0 Å². The standard InChI is InChI=1S/C38H61N5O5/c1-9-32(27-17-11-10-12-18-27)48-37(47)30-21-16-24-43(30)35(45)29-20-15-23-42(29)25-31(26(2)3)41(8)36(46)33(38(4,5)6)39-34(44)28-19-13-14-22-40(28)7/h10-12,17-18,26,28-33H,9,13-16,19-25H2,1-8H3,(H,39,44)/t28-,29+,30+,31-,32-,33-/m1/s1. The van der Waals surface area contributed by atoms with Crippen molar-refractivity contribution in [1.82, 2.24) is 24.9 Å². The number of benzene rings is 1. The van der Waals surface area contributed by atoms with E-state index >= 15 is 0 Å². The van der Waals surface area contributed by atoms with Crippen molar-refractivity contribution in [3.63, 3.8) is 0 Å². The van der Waals surface area contributed by atoms with Gasteiger partial charge in [-0.05, 0) is 82.0 Å². The Hall–Kier alpha value is -2.98. The van der Waals surface area contributed by atoms with Crippen LogP contribution in [0.5, 0.6) is 0 Å². The van der Waals surface area contributed by atoms with Gasteiger partial charge < -0.3 is 19.9 Å². The van der Waals surface area contributed by atoms with Crippen molar-refractivity contribution in [3.05, 3.63) is 35.9 Å². The van der Waals surface area contributed by atoms with Crippen molar-refractivity contribution in [2.75, 3.05) is 40.3 Å². The number of hydrogen-bond acceptors (Lipinski definition) is 7. The summed E-state index contributed by atoms with van der Waals surface area (Å²) in [7, 11) is 3.81. The van der Waals surface area contributed by atoms with Crippen LogP contribution in [0.3, 0.4) is 0 Å². The molecule has 3 aliphatic rings. The number of nitrogens with one attached hydrogen (secondary N) is 1. The molecule has 3 amide bonds. The van der Waals surface area contributed by atoms with Gasteiger partial charge in [-0.2, -0.15) is 0 Å². The molecule has 0 bridgehead atoms. The Bertz CT molecular complexity index is 1250. The van der Waals surface area contributed by atoms with Gasteiger partial charge in [0.05, 0.1) is 12.1 Å². The molecular formula is C38H61N5O5. The molecule has 1 N–H and O–H groups in total. The molecule has 1 aromatic rings. The maximum atomic E-state index is 14.2. The second-order valence-corrected chi connectivity index (χ2v) is 15.6. The number of hydrogen-bond donors (Lipinski definition) is 1. The summed E-state index contributed by atoms with van der Waals surface area (Å²) in [5.41, 5.74) is 0.470. The van der Waals surface area contributed by atoms with E-state index in [0.29, 0.717) is 25.9 Å². The van der Waals surface area contributed by atoms with Crippen LogP contribution in [0.2, 0.25) is 0 Å². The van der Waals surface area contributed by atoms with Crippen LogP contribution in [-0.2, 0) is 23.9 Å². The molecule has 0 aromatic heterocycles. The van der Waals surface area contributed by atoms with E-state index in [1.807, 2.05) is 72.1 Å². The monoisotopic (exact) mass is 667 g/mol. The zero-order valence-corrected chi connectivity index (χ0v) is 30.7. The van der Waals surface area contributed by atoms with E-state index in [-0.39, 0.29) is 53.8 Å². The molecule has 4 rings (SSSR count). The Balaban J connectivity index is 1.44. The van der Waals surface area contributed by atoms with E-state index in [1.54, 1.807) is 9.80 Å². The van der Waals surface area contributed by atoms with Gasteiger partial charge >= 0.3 is 5.97 Å². The van der Waals surface area contributed by atoms with Crippen LogP contribution in [0, 0.1) is 11.3 Å². The lowest BCUT2D eigenvalue weighted by atomic mass is 9.84. The fourth-order valence-electron chi connectivity index (χ4n) is 7.75. The van der Waals surface area contributed by atoms with E-state index in [9.17, 15) is 19.2 Å². The third kappa shape index (κ3) is 8.97. The van der Waals surface area contributed by atoms with Gasteiger partial charge in [-0.1, -0.05) is 78.3 Å². The van der Waals surface area contributed by atoms with Crippen LogP contribution in [0.4, 0.5) is 0 Å². The molecule has 0 unspecified atom stereocenters. The summed E-state index contributed by atoms with van der Waals surface area (Å²) in [6.45, 7) is 14.9. The Morgan fingerprint density at radius 3 is 2.19 bits per heavy atom. The van der Waals surface area contributed by atoms with Gasteiger partial charge in [0, 0.05) is 26.2 Å². The minimum absolute atomic E-state index is 0.0207. The zero-order valence-electron chi connectivity index (χ0n) is 30.7. The Kier molecular flexibility index (Phi) is 13.1. The fraction of sp³-hybridized carbons (Fsp3) is 0.737. The molecule has 48 heavy (non-hydrogen) atoms. The second kappa shape index (κ2) is 16.6. The normalized spacial score (nSPS) is 24.3. The molecule has 3 aliphatic heterocycles. The number of esters is 1. The number of carbonyl (C=O) groups is 4. The van der Waals surface area contributed by atoms with Gasteiger partial charge in [-0.25, -0.2) is 4.79 Å². The van der Waals surface area contributed by atoms with Crippen molar-refractivity contribution in [2.45, 2.75) is 129 Å².